The predicted molar refractivity (Wildman–Crippen MR) is 78.8 cm³/mol. The van der Waals surface area contributed by atoms with Gasteiger partial charge in [0.25, 0.3) is 0 Å². The van der Waals surface area contributed by atoms with E-state index in [1.807, 2.05) is 0 Å². The molecule has 0 aromatic rings. The van der Waals surface area contributed by atoms with E-state index in [-0.39, 0.29) is 24.8 Å². The van der Waals surface area contributed by atoms with Crippen molar-refractivity contribution in [3.8, 4) is 0 Å². The van der Waals surface area contributed by atoms with E-state index in [0.717, 1.165) is 6.92 Å². The van der Waals surface area contributed by atoms with E-state index in [4.69, 9.17) is 0 Å². The van der Waals surface area contributed by atoms with Gasteiger partial charge in [0.15, 0.2) is 11.7 Å². The number of hydrogen-bond acceptors (Lipinski definition) is 0. The lowest BCUT2D eigenvalue weighted by Gasteiger charge is -2.30. The topological polar surface area (TPSA) is 0 Å². The van der Waals surface area contributed by atoms with E-state index in [2.05, 4.69) is 19.7 Å². The van der Waals surface area contributed by atoms with E-state index >= 15 is 0 Å². The molecule has 0 saturated carbocycles. The maximum absolute atomic E-state index is 14.0. The molecular weight excluding hydrogens is 318 g/mol. The van der Waals surface area contributed by atoms with Gasteiger partial charge in [-0.3, -0.25) is 0 Å². The van der Waals surface area contributed by atoms with Crippen molar-refractivity contribution in [1.82, 2.24) is 0 Å². The zero-order valence-corrected chi connectivity index (χ0v) is 12.8. The van der Waals surface area contributed by atoms with Crippen molar-refractivity contribution in [2.75, 3.05) is 0 Å². The molecule has 128 valence electrons. The molecule has 0 amide bonds. The van der Waals surface area contributed by atoms with Gasteiger partial charge in [0, 0.05) is 11.1 Å². The highest BCUT2D eigenvalue weighted by Gasteiger charge is 2.59. The van der Waals surface area contributed by atoms with Crippen molar-refractivity contribution >= 4 is 0 Å². The molecule has 1 aliphatic carbocycles. The molecule has 0 spiro atoms. The van der Waals surface area contributed by atoms with E-state index in [1.54, 1.807) is 0 Å². The summed E-state index contributed by atoms with van der Waals surface area (Å²) in [6.45, 7) is 9.91. The molecule has 0 atom stereocenters. The van der Waals surface area contributed by atoms with Crippen LogP contribution in [0.25, 0.3) is 0 Å². The summed E-state index contributed by atoms with van der Waals surface area (Å²) in [5, 5.41) is 0. The van der Waals surface area contributed by atoms with Crippen LogP contribution in [0, 0.1) is 0 Å². The van der Waals surface area contributed by atoms with E-state index in [1.165, 1.54) is 6.08 Å². The van der Waals surface area contributed by atoms with Crippen LogP contribution >= 0.6 is 0 Å². The van der Waals surface area contributed by atoms with Gasteiger partial charge in [-0.25, -0.2) is 8.78 Å². The smallest absolute Gasteiger partial charge is 0.204 e. The first-order valence-corrected chi connectivity index (χ1v) is 6.97. The Bertz CT molecular complexity index is 592. The highest BCUT2D eigenvalue weighted by molar-refractivity contribution is 5.47. The van der Waals surface area contributed by atoms with Crippen LogP contribution < -0.4 is 0 Å². The Labute approximate surface area is 131 Å². The molecule has 0 aliphatic heterocycles. The van der Waals surface area contributed by atoms with Gasteiger partial charge in [-0.2, -0.15) is 17.6 Å². The Morgan fingerprint density at radius 2 is 1.61 bits per heavy atom. The summed E-state index contributed by atoms with van der Waals surface area (Å²) in [6.07, 6.45) is 1.76. The van der Waals surface area contributed by atoms with Crippen LogP contribution in [0.2, 0.25) is 0 Å². The molecule has 23 heavy (non-hydrogen) atoms. The average molecular weight is 336 g/mol. The second-order valence-electron chi connectivity index (χ2n) is 5.45. The minimum Gasteiger partial charge on any atom is -0.204 e. The first-order valence-electron chi connectivity index (χ1n) is 6.97. The molecule has 0 heterocycles. The number of alkyl halides is 4. The highest BCUT2D eigenvalue weighted by atomic mass is 19.3. The molecule has 0 unspecified atom stereocenters. The lowest BCUT2D eigenvalue weighted by molar-refractivity contribution is -0.159. The summed E-state index contributed by atoms with van der Waals surface area (Å²) >= 11 is 0. The summed E-state index contributed by atoms with van der Waals surface area (Å²) in [6, 6.07) is 0. The summed E-state index contributed by atoms with van der Waals surface area (Å²) in [4.78, 5) is 0. The Morgan fingerprint density at radius 1 is 1.04 bits per heavy atom. The average Bonchev–Trinajstić information content (AvgIpc) is 2.47. The number of allylic oxidation sites excluding steroid dienone is 7. The maximum atomic E-state index is 14.0. The largest absolute Gasteiger partial charge is 0.339 e. The van der Waals surface area contributed by atoms with Crippen LogP contribution in [0.5, 0.6) is 0 Å². The Kier molecular flexibility index (Phi) is 5.72. The van der Waals surface area contributed by atoms with E-state index < -0.39 is 40.2 Å². The van der Waals surface area contributed by atoms with Crippen LogP contribution in [0.4, 0.5) is 26.3 Å². The van der Waals surface area contributed by atoms with Gasteiger partial charge in [-0.15, -0.1) is 6.58 Å². The lowest BCUT2D eigenvalue weighted by atomic mass is 9.85. The highest BCUT2D eigenvalue weighted by Crippen LogP contribution is 2.49. The second-order valence-corrected chi connectivity index (χ2v) is 5.45. The first kappa shape index (κ1) is 19.3. The van der Waals surface area contributed by atoms with Crippen LogP contribution in [0.15, 0.2) is 59.8 Å². The summed E-state index contributed by atoms with van der Waals surface area (Å²) < 4.78 is 83.2. The van der Waals surface area contributed by atoms with Gasteiger partial charge < -0.3 is 0 Å². The van der Waals surface area contributed by atoms with E-state index in [0.29, 0.717) is 6.42 Å². The van der Waals surface area contributed by atoms with Crippen LogP contribution in [-0.2, 0) is 0 Å². The lowest BCUT2D eigenvalue weighted by Crippen LogP contribution is -2.43. The molecule has 6 heteroatoms. The predicted octanol–water partition coefficient (Wildman–Crippen LogP) is 6.60. The van der Waals surface area contributed by atoms with Gasteiger partial charge in [-0.05, 0) is 43.8 Å². The molecular formula is C17H18F6. The van der Waals surface area contributed by atoms with Crippen molar-refractivity contribution in [2.45, 2.75) is 44.5 Å². The number of hydrogen-bond donors (Lipinski definition) is 0. The van der Waals surface area contributed by atoms with Gasteiger partial charge in [0.2, 0.25) is 0 Å². The van der Waals surface area contributed by atoms with Crippen molar-refractivity contribution < 1.29 is 26.3 Å². The van der Waals surface area contributed by atoms with E-state index in [9.17, 15) is 26.3 Å². The molecule has 0 fully saturated rings. The SMILES string of the molecule is C=CCCC1=C(F)C(F)=C(C(=C)C(F)(F)C(F)(F)C(=C)C)CC1. The molecule has 0 radical (unpaired) electrons. The van der Waals surface area contributed by atoms with Crippen LogP contribution in [0.3, 0.4) is 0 Å². The quantitative estimate of drug-likeness (QED) is 0.363. The summed E-state index contributed by atoms with van der Waals surface area (Å²) in [7, 11) is 0. The van der Waals surface area contributed by atoms with Crippen LogP contribution in [0.1, 0.15) is 32.6 Å². The fourth-order valence-electron chi connectivity index (χ4n) is 2.22. The molecule has 0 nitrogen and oxygen atoms in total. The van der Waals surface area contributed by atoms with Crippen molar-refractivity contribution in [3.63, 3.8) is 0 Å². The maximum Gasteiger partial charge on any atom is 0.339 e. The van der Waals surface area contributed by atoms with Gasteiger partial charge >= 0.3 is 11.8 Å². The minimum atomic E-state index is -4.75. The molecule has 0 bridgehead atoms. The Balaban J connectivity index is 3.23. The molecule has 1 aliphatic rings. The zero-order valence-electron chi connectivity index (χ0n) is 12.8. The molecule has 0 saturated heterocycles. The monoisotopic (exact) mass is 336 g/mol. The van der Waals surface area contributed by atoms with Gasteiger partial charge in [0.1, 0.15) is 0 Å². The third-order valence-electron chi connectivity index (χ3n) is 3.77. The van der Waals surface area contributed by atoms with Gasteiger partial charge in [-0.1, -0.05) is 19.2 Å². The number of halogens is 6. The zero-order chi connectivity index (χ0) is 18.0. The number of rotatable bonds is 7. The van der Waals surface area contributed by atoms with Crippen LogP contribution in [-0.4, -0.2) is 11.8 Å². The first-order chi connectivity index (χ1) is 10.5. The Hall–Kier alpha value is -1.72. The van der Waals surface area contributed by atoms with Crippen molar-refractivity contribution in [3.05, 3.63) is 59.8 Å². The third kappa shape index (κ3) is 3.46. The fraction of sp³-hybridized carbons (Fsp3) is 0.412. The molecule has 0 N–H and O–H groups in total. The Morgan fingerprint density at radius 3 is 2.09 bits per heavy atom. The van der Waals surface area contributed by atoms with Crippen molar-refractivity contribution in [2.24, 2.45) is 0 Å². The molecule has 1 rings (SSSR count). The third-order valence-corrected chi connectivity index (χ3v) is 3.77. The minimum absolute atomic E-state index is 0.0316. The molecule has 0 aromatic heterocycles. The summed E-state index contributed by atoms with van der Waals surface area (Å²) in [5.41, 5.74) is -3.19. The standard InChI is InChI=1S/C17H18F6/c1-5-6-7-12-8-9-13(15(19)14(12)18)11(4)17(22,23)16(20,21)10(2)3/h5H,1-2,4,6-9H2,3H3. The summed E-state index contributed by atoms with van der Waals surface area (Å²) in [5.74, 6) is -12.2. The van der Waals surface area contributed by atoms with Gasteiger partial charge in [0.05, 0.1) is 0 Å². The molecule has 0 aromatic carbocycles. The second kappa shape index (κ2) is 6.81. The van der Waals surface area contributed by atoms with Crippen molar-refractivity contribution in [1.29, 1.82) is 0 Å². The fourth-order valence-corrected chi connectivity index (χ4v) is 2.22. The normalized spacial score (nSPS) is 16.7.